The van der Waals surface area contributed by atoms with E-state index in [0.29, 0.717) is 17.9 Å². The zero-order valence-electron chi connectivity index (χ0n) is 12.8. The van der Waals surface area contributed by atoms with Crippen LogP contribution in [0.1, 0.15) is 18.9 Å². The number of hydrogen-bond acceptors (Lipinski definition) is 4. The van der Waals surface area contributed by atoms with Crippen LogP contribution in [0, 0.1) is 6.92 Å². The average Bonchev–Trinajstić information content (AvgIpc) is 2.38. The zero-order valence-corrected chi connectivity index (χ0v) is 12.8. The number of nitrogens with zero attached hydrogens (tertiary/aromatic N) is 1. The van der Waals surface area contributed by atoms with E-state index < -0.39 is 12.0 Å². The van der Waals surface area contributed by atoms with Crippen LogP contribution < -0.4 is 10.1 Å². The van der Waals surface area contributed by atoms with Gasteiger partial charge in [-0.05, 0) is 38.1 Å². The standard InChI is InChI=1S/C15H22N2O4/c1-5-12(15(19)20)17(3)9-14(18)16-11-8-10(2)6-7-13(11)21-4/h6-8,12H,5,9H2,1-4H3,(H,16,18)(H,19,20). The lowest BCUT2D eigenvalue weighted by molar-refractivity contribution is -0.143. The maximum atomic E-state index is 12.0. The number of aliphatic carboxylic acids is 1. The molecule has 2 N–H and O–H groups in total. The van der Waals surface area contributed by atoms with Crippen LogP contribution in [-0.4, -0.2) is 48.6 Å². The predicted octanol–water partition coefficient (Wildman–Crippen LogP) is 1.74. The van der Waals surface area contributed by atoms with Crippen molar-refractivity contribution in [2.24, 2.45) is 0 Å². The fourth-order valence-electron chi connectivity index (χ4n) is 2.12. The van der Waals surface area contributed by atoms with Gasteiger partial charge in [-0.1, -0.05) is 13.0 Å². The summed E-state index contributed by atoms with van der Waals surface area (Å²) in [7, 11) is 3.15. The maximum absolute atomic E-state index is 12.0. The molecule has 0 aliphatic carbocycles. The summed E-state index contributed by atoms with van der Waals surface area (Å²) in [5.74, 6) is -0.635. The highest BCUT2D eigenvalue weighted by atomic mass is 16.5. The molecule has 1 unspecified atom stereocenters. The minimum atomic E-state index is -0.930. The van der Waals surface area contributed by atoms with Gasteiger partial charge in [0, 0.05) is 0 Å². The van der Waals surface area contributed by atoms with Crippen LogP contribution in [-0.2, 0) is 9.59 Å². The molecule has 0 saturated heterocycles. The lowest BCUT2D eigenvalue weighted by atomic mass is 10.2. The lowest BCUT2D eigenvalue weighted by Crippen LogP contribution is -2.42. The van der Waals surface area contributed by atoms with Crippen molar-refractivity contribution < 1.29 is 19.4 Å². The summed E-state index contributed by atoms with van der Waals surface area (Å²) in [6.45, 7) is 3.69. The molecular formula is C15H22N2O4. The third-order valence-electron chi connectivity index (χ3n) is 3.23. The van der Waals surface area contributed by atoms with Crippen LogP contribution in [0.15, 0.2) is 18.2 Å². The second-order valence-corrected chi connectivity index (χ2v) is 4.93. The largest absolute Gasteiger partial charge is 0.495 e. The molecule has 1 atom stereocenters. The molecule has 21 heavy (non-hydrogen) atoms. The first-order valence-corrected chi connectivity index (χ1v) is 6.76. The van der Waals surface area contributed by atoms with Gasteiger partial charge in [0.15, 0.2) is 0 Å². The molecule has 0 saturated carbocycles. The first-order valence-electron chi connectivity index (χ1n) is 6.76. The molecule has 0 radical (unpaired) electrons. The Kier molecular flexibility index (Phi) is 6.17. The lowest BCUT2D eigenvalue weighted by Gasteiger charge is -2.23. The third-order valence-corrected chi connectivity index (χ3v) is 3.23. The Hall–Kier alpha value is -2.08. The van der Waals surface area contributed by atoms with E-state index in [4.69, 9.17) is 9.84 Å². The average molecular weight is 294 g/mol. The molecule has 0 heterocycles. The van der Waals surface area contributed by atoms with Gasteiger partial charge in [-0.3, -0.25) is 14.5 Å². The van der Waals surface area contributed by atoms with E-state index in [2.05, 4.69) is 5.32 Å². The Bertz CT molecular complexity index is 516. The molecule has 1 amide bonds. The molecule has 0 aromatic heterocycles. The van der Waals surface area contributed by atoms with Gasteiger partial charge in [-0.25, -0.2) is 0 Å². The number of carboxylic acids is 1. The number of ether oxygens (including phenoxy) is 1. The highest BCUT2D eigenvalue weighted by Crippen LogP contribution is 2.25. The minimum Gasteiger partial charge on any atom is -0.495 e. The molecule has 1 aromatic carbocycles. The normalized spacial score (nSPS) is 12.0. The summed E-state index contributed by atoms with van der Waals surface area (Å²) in [5, 5.41) is 11.8. The quantitative estimate of drug-likeness (QED) is 0.801. The number of methoxy groups -OCH3 is 1. The molecule has 0 aliphatic heterocycles. The molecule has 1 aromatic rings. The van der Waals surface area contributed by atoms with Crippen molar-refractivity contribution in [1.82, 2.24) is 4.90 Å². The van der Waals surface area contributed by atoms with Crippen molar-refractivity contribution >= 4 is 17.6 Å². The monoisotopic (exact) mass is 294 g/mol. The molecule has 116 valence electrons. The molecule has 0 bridgehead atoms. The zero-order chi connectivity index (χ0) is 16.0. The smallest absolute Gasteiger partial charge is 0.320 e. The predicted molar refractivity (Wildman–Crippen MR) is 80.7 cm³/mol. The summed E-state index contributed by atoms with van der Waals surface area (Å²) in [6.07, 6.45) is 0.437. The van der Waals surface area contributed by atoms with Crippen molar-refractivity contribution in [2.45, 2.75) is 26.3 Å². The Morgan fingerprint density at radius 3 is 2.62 bits per heavy atom. The van der Waals surface area contributed by atoms with E-state index >= 15 is 0 Å². The molecular weight excluding hydrogens is 272 g/mol. The van der Waals surface area contributed by atoms with Crippen LogP contribution in [0.25, 0.3) is 0 Å². The van der Waals surface area contributed by atoms with Crippen molar-refractivity contribution in [3.05, 3.63) is 23.8 Å². The summed E-state index contributed by atoms with van der Waals surface area (Å²) >= 11 is 0. The number of carbonyl (C=O) groups is 2. The number of nitrogens with one attached hydrogen (secondary N) is 1. The number of benzene rings is 1. The number of anilines is 1. The van der Waals surface area contributed by atoms with E-state index in [-0.39, 0.29) is 12.5 Å². The van der Waals surface area contributed by atoms with Gasteiger partial charge in [-0.2, -0.15) is 0 Å². The van der Waals surface area contributed by atoms with Gasteiger partial charge in [0.1, 0.15) is 11.8 Å². The second-order valence-electron chi connectivity index (χ2n) is 4.93. The van der Waals surface area contributed by atoms with Gasteiger partial charge in [0.25, 0.3) is 0 Å². The highest BCUT2D eigenvalue weighted by Gasteiger charge is 2.22. The van der Waals surface area contributed by atoms with E-state index in [1.165, 1.54) is 12.0 Å². The molecule has 1 rings (SSSR count). The fourth-order valence-corrected chi connectivity index (χ4v) is 2.12. The highest BCUT2D eigenvalue weighted by molar-refractivity contribution is 5.94. The Morgan fingerprint density at radius 1 is 1.43 bits per heavy atom. The van der Waals surface area contributed by atoms with E-state index in [1.807, 2.05) is 19.1 Å². The van der Waals surface area contributed by atoms with Crippen LogP contribution >= 0.6 is 0 Å². The Labute approximate surface area is 124 Å². The number of aryl methyl sites for hydroxylation is 1. The summed E-state index contributed by atoms with van der Waals surface area (Å²) in [6, 6.07) is 4.81. The fraction of sp³-hybridized carbons (Fsp3) is 0.467. The van der Waals surface area contributed by atoms with Gasteiger partial charge in [0.2, 0.25) is 5.91 Å². The van der Waals surface area contributed by atoms with Crippen LogP contribution in [0.3, 0.4) is 0 Å². The van der Waals surface area contributed by atoms with E-state index in [0.717, 1.165) is 5.56 Å². The van der Waals surface area contributed by atoms with Crippen LogP contribution in [0.4, 0.5) is 5.69 Å². The number of hydrogen-bond donors (Lipinski definition) is 2. The summed E-state index contributed by atoms with van der Waals surface area (Å²) in [5.41, 5.74) is 1.58. The van der Waals surface area contributed by atoms with Crippen molar-refractivity contribution in [3.63, 3.8) is 0 Å². The number of likely N-dealkylation sites (N-methyl/N-ethyl adjacent to an activating group) is 1. The number of rotatable bonds is 7. The molecule has 0 aliphatic rings. The van der Waals surface area contributed by atoms with E-state index in [1.54, 1.807) is 20.0 Å². The summed E-state index contributed by atoms with van der Waals surface area (Å²) < 4.78 is 5.19. The van der Waals surface area contributed by atoms with Gasteiger partial charge < -0.3 is 15.2 Å². The van der Waals surface area contributed by atoms with Crippen molar-refractivity contribution in [3.8, 4) is 5.75 Å². The summed E-state index contributed by atoms with van der Waals surface area (Å²) in [4.78, 5) is 24.6. The van der Waals surface area contributed by atoms with Crippen molar-refractivity contribution in [2.75, 3.05) is 26.0 Å². The minimum absolute atomic E-state index is 0.00189. The van der Waals surface area contributed by atoms with Gasteiger partial charge in [0.05, 0.1) is 19.3 Å². The third kappa shape index (κ3) is 4.75. The number of carboxylic acid groups (broad SMARTS) is 1. The SMILES string of the molecule is CCC(C(=O)O)N(C)CC(=O)Nc1cc(C)ccc1OC. The first kappa shape index (κ1) is 17.0. The van der Waals surface area contributed by atoms with E-state index in [9.17, 15) is 9.59 Å². The Morgan fingerprint density at radius 2 is 2.10 bits per heavy atom. The Balaban J connectivity index is 2.74. The topological polar surface area (TPSA) is 78.9 Å². The van der Waals surface area contributed by atoms with Crippen molar-refractivity contribution in [1.29, 1.82) is 0 Å². The van der Waals surface area contributed by atoms with Crippen LogP contribution in [0.5, 0.6) is 5.75 Å². The maximum Gasteiger partial charge on any atom is 0.320 e. The molecule has 0 spiro atoms. The van der Waals surface area contributed by atoms with Gasteiger partial charge in [-0.15, -0.1) is 0 Å². The number of carbonyl (C=O) groups excluding carboxylic acids is 1. The molecule has 6 nitrogen and oxygen atoms in total. The molecule has 6 heteroatoms. The number of amides is 1. The van der Waals surface area contributed by atoms with Crippen LogP contribution in [0.2, 0.25) is 0 Å². The van der Waals surface area contributed by atoms with Gasteiger partial charge >= 0.3 is 5.97 Å². The molecule has 0 fully saturated rings. The first-order chi connectivity index (χ1) is 9.88. The second kappa shape index (κ2) is 7.64.